The van der Waals surface area contributed by atoms with Gasteiger partial charge in [-0.2, -0.15) is 13.2 Å². The molecule has 3 aliphatic rings. The number of halogens is 3. The SMILES string of the molecule is O=C1NC2(CC2Cc2ccncc2N2CCCCC2)C(=O)N1c1ccc(S(=O)(=O)C(F)(F)F)cc1. The summed E-state index contributed by atoms with van der Waals surface area (Å²) in [4.78, 5) is 32.4. The quantitative estimate of drug-likeness (QED) is 0.622. The normalized spacial score (nSPS) is 24.7. The minimum Gasteiger partial charge on any atom is -0.370 e. The van der Waals surface area contributed by atoms with Crippen molar-refractivity contribution in [2.75, 3.05) is 22.9 Å². The number of benzene rings is 1. The second-order valence-corrected chi connectivity index (χ2v) is 11.1. The van der Waals surface area contributed by atoms with Crippen LogP contribution in [-0.2, 0) is 21.1 Å². The van der Waals surface area contributed by atoms with E-state index >= 15 is 0 Å². The number of hydrogen-bond acceptors (Lipinski definition) is 6. The lowest BCUT2D eigenvalue weighted by Crippen LogP contribution is -2.35. The van der Waals surface area contributed by atoms with Crippen molar-refractivity contribution in [2.24, 2.45) is 5.92 Å². The summed E-state index contributed by atoms with van der Waals surface area (Å²) in [7, 11) is -5.52. The number of carbonyl (C=O) groups excluding carboxylic acids is 2. The van der Waals surface area contributed by atoms with Gasteiger partial charge in [-0.15, -0.1) is 0 Å². The molecule has 3 heterocycles. The van der Waals surface area contributed by atoms with Crippen molar-refractivity contribution < 1.29 is 31.2 Å². The van der Waals surface area contributed by atoms with Crippen molar-refractivity contribution in [2.45, 2.75) is 48.0 Å². The number of hydrogen-bond donors (Lipinski definition) is 1. The third-order valence-electron chi connectivity index (χ3n) is 6.98. The van der Waals surface area contributed by atoms with Gasteiger partial charge in [-0.1, -0.05) is 0 Å². The summed E-state index contributed by atoms with van der Waals surface area (Å²) in [5.74, 6) is -0.632. The second-order valence-electron chi connectivity index (χ2n) is 9.14. The minimum absolute atomic E-state index is 0.00839. The number of amides is 3. The van der Waals surface area contributed by atoms with Crippen molar-refractivity contribution >= 4 is 33.2 Å². The fourth-order valence-corrected chi connectivity index (χ4v) is 5.76. The maximum Gasteiger partial charge on any atom is 0.501 e. The molecule has 5 rings (SSSR count). The highest BCUT2D eigenvalue weighted by Crippen LogP contribution is 2.51. The molecule has 2 unspecified atom stereocenters. The first-order valence-electron chi connectivity index (χ1n) is 11.3. The van der Waals surface area contributed by atoms with Crippen LogP contribution < -0.4 is 15.1 Å². The van der Waals surface area contributed by atoms with Crippen LogP contribution in [0.2, 0.25) is 0 Å². The Morgan fingerprint density at radius 2 is 1.74 bits per heavy atom. The summed E-state index contributed by atoms with van der Waals surface area (Å²) < 4.78 is 61.6. The Kier molecular flexibility index (Phi) is 5.53. The number of alkyl halides is 3. The number of sulfone groups is 1. The molecule has 2 atom stereocenters. The largest absolute Gasteiger partial charge is 0.501 e. The number of pyridine rings is 1. The fraction of sp³-hybridized carbons (Fsp3) is 0.435. The Labute approximate surface area is 200 Å². The summed E-state index contributed by atoms with van der Waals surface area (Å²) in [5, 5.41) is 2.75. The van der Waals surface area contributed by atoms with E-state index in [1.807, 2.05) is 12.3 Å². The van der Waals surface area contributed by atoms with Crippen LogP contribution in [0.15, 0.2) is 47.6 Å². The molecule has 1 saturated carbocycles. The fourth-order valence-electron chi connectivity index (χ4n) is 5.00. The zero-order chi connectivity index (χ0) is 25.0. The summed E-state index contributed by atoms with van der Waals surface area (Å²) in [6.45, 7) is 1.88. The van der Waals surface area contributed by atoms with Crippen LogP contribution in [0.3, 0.4) is 0 Å². The molecule has 2 saturated heterocycles. The number of carbonyl (C=O) groups is 2. The van der Waals surface area contributed by atoms with Gasteiger partial charge < -0.3 is 10.2 Å². The molecule has 0 bridgehead atoms. The lowest BCUT2D eigenvalue weighted by Gasteiger charge is -2.30. The average molecular weight is 509 g/mol. The van der Waals surface area contributed by atoms with Crippen LogP contribution in [0, 0.1) is 5.92 Å². The van der Waals surface area contributed by atoms with Gasteiger partial charge in [-0.25, -0.2) is 18.1 Å². The molecular weight excluding hydrogens is 485 g/mol. The van der Waals surface area contributed by atoms with Crippen molar-refractivity contribution in [1.29, 1.82) is 0 Å². The lowest BCUT2D eigenvalue weighted by atomic mass is 10.0. The van der Waals surface area contributed by atoms with Gasteiger partial charge in [-0.05, 0) is 73.9 Å². The molecule has 1 aromatic carbocycles. The highest BCUT2D eigenvalue weighted by Gasteiger charge is 2.67. The van der Waals surface area contributed by atoms with E-state index in [9.17, 15) is 31.2 Å². The van der Waals surface area contributed by atoms with Crippen molar-refractivity contribution in [1.82, 2.24) is 10.3 Å². The van der Waals surface area contributed by atoms with Gasteiger partial charge >= 0.3 is 11.5 Å². The first-order valence-corrected chi connectivity index (χ1v) is 12.8. The topological polar surface area (TPSA) is 99.7 Å². The maximum absolute atomic E-state index is 13.3. The third-order valence-corrected chi connectivity index (χ3v) is 8.49. The molecule has 3 amide bonds. The highest BCUT2D eigenvalue weighted by molar-refractivity contribution is 7.92. The summed E-state index contributed by atoms with van der Waals surface area (Å²) in [6.07, 6.45) is 7.94. The van der Waals surface area contributed by atoms with Gasteiger partial charge in [0.2, 0.25) is 0 Å². The molecule has 3 fully saturated rings. The zero-order valence-corrected chi connectivity index (χ0v) is 19.4. The van der Waals surface area contributed by atoms with Gasteiger partial charge in [0.1, 0.15) is 5.54 Å². The number of nitrogens with one attached hydrogen (secondary N) is 1. The predicted octanol–water partition coefficient (Wildman–Crippen LogP) is 3.42. The summed E-state index contributed by atoms with van der Waals surface area (Å²) >= 11 is 0. The van der Waals surface area contributed by atoms with Gasteiger partial charge in [0, 0.05) is 19.3 Å². The molecule has 35 heavy (non-hydrogen) atoms. The number of rotatable bonds is 5. The number of nitrogens with zero attached hydrogens (tertiary/aromatic N) is 3. The van der Waals surface area contributed by atoms with Crippen LogP contribution in [0.5, 0.6) is 0 Å². The van der Waals surface area contributed by atoms with E-state index in [1.54, 1.807) is 6.20 Å². The van der Waals surface area contributed by atoms with Gasteiger partial charge in [-0.3, -0.25) is 9.78 Å². The Morgan fingerprint density at radius 3 is 2.40 bits per heavy atom. The van der Waals surface area contributed by atoms with E-state index in [-0.39, 0.29) is 11.6 Å². The Bertz CT molecular complexity index is 1280. The standard InChI is InChI=1S/C23H23F3N4O4S/c24-23(25,26)35(33,34)18-6-4-17(5-7-18)30-20(31)22(28-21(30)32)13-16(22)12-15-8-9-27-14-19(15)29-10-2-1-3-11-29/h4-9,14,16H,1-3,10-13H2,(H,28,32). The molecule has 186 valence electrons. The van der Waals surface area contributed by atoms with Crippen LogP contribution >= 0.6 is 0 Å². The molecule has 1 spiro atoms. The lowest BCUT2D eigenvalue weighted by molar-refractivity contribution is -0.119. The molecule has 1 N–H and O–H groups in total. The van der Waals surface area contributed by atoms with Crippen LogP contribution in [-0.4, -0.2) is 49.5 Å². The predicted molar refractivity (Wildman–Crippen MR) is 121 cm³/mol. The Morgan fingerprint density at radius 1 is 1.06 bits per heavy atom. The van der Waals surface area contributed by atoms with Crippen LogP contribution in [0.25, 0.3) is 0 Å². The van der Waals surface area contributed by atoms with Crippen LogP contribution in [0.1, 0.15) is 31.2 Å². The minimum atomic E-state index is -5.52. The molecule has 2 aromatic rings. The Balaban J connectivity index is 1.34. The smallest absolute Gasteiger partial charge is 0.370 e. The van der Waals surface area contributed by atoms with Crippen molar-refractivity contribution in [3.8, 4) is 0 Å². The third kappa shape index (κ3) is 3.93. The number of piperidine rings is 1. The van der Waals surface area contributed by atoms with E-state index < -0.39 is 37.7 Å². The van der Waals surface area contributed by atoms with Gasteiger partial charge in [0.25, 0.3) is 15.7 Å². The molecule has 0 radical (unpaired) electrons. The molecule has 8 nitrogen and oxygen atoms in total. The number of urea groups is 1. The first kappa shape index (κ1) is 23.6. The highest BCUT2D eigenvalue weighted by atomic mass is 32.2. The summed E-state index contributed by atoms with van der Waals surface area (Å²) in [5.41, 5.74) is -4.43. The number of anilines is 2. The number of aromatic nitrogens is 1. The van der Waals surface area contributed by atoms with Gasteiger partial charge in [0.15, 0.2) is 0 Å². The van der Waals surface area contributed by atoms with Crippen molar-refractivity contribution in [3.63, 3.8) is 0 Å². The van der Waals surface area contributed by atoms with E-state index in [0.717, 1.165) is 66.3 Å². The summed E-state index contributed by atoms with van der Waals surface area (Å²) in [6, 6.07) is 4.80. The number of imide groups is 1. The molecule has 2 aliphatic heterocycles. The van der Waals surface area contributed by atoms with E-state index in [4.69, 9.17) is 0 Å². The van der Waals surface area contributed by atoms with E-state index in [2.05, 4.69) is 15.2 Å². The van der Waals surface area contributed by atoms with Crippen molar-refractivity contribution in [3.05, 3.63) is 48.3 Å². The average Bonchev–Trinajstić information content (AvgIpc) is 3.45. The van der Waals surface area contributed by atoms with E-state index in [0.29, 0.717) is 12.8 Å². The second kappa shape index (κ2) is 8.21. The Hall–Kier alpha value is -3.15. The molecule has 1 aliphatic carbocycles. The van der Waals surface area contributed by atoms with Gasteiger partial charge in [0.05, 0.1) is 22.5 Å². The zero-order valence-electron chi connectivity index (χ0n) is 18.6. The molecule has 12 heteroatoms. The maximum atomic E-state index is 13.3. The monoisotopic (exact) mass is 508 g/mol. The molecule has 1 aromatic heterocycles. The van der Waals surface area contributed by atoms with E-state index in [1.165, 1.54) is 6.42 Å². The van der Waals surface area contributed by atoms with Crippen LogP contribution in [0.4, 0.5) is 29.3 Å². The molecular formula is C23H23F3N4O4S. The first-order chi connectivity index (χ1) is 16.5.